The topological polar surface area (TPSA) is 78.5 Å². The number of aromatic amines is 1. The van der Waals surface area contributed by atoms with Crippen LogP contribution in [0.3, 0.4) is 0 Å². The summed E-state index contributed by atoms with van der Waals surface area (Å²) in [4.78, 5) is 15.1. The molecule has 1 atom stereocenters. The first kappa shape index (κ1) is 21.0. The number of para-hydroxylation sites is 1. The number of nitrogens with zero attached hydrogens (tertiary/aromatic N) is 2. The number of hydrogen-bond acceptors (Lipinski definition) is 4. The number of amides is 1. The zero-order valence-corrected chi connectivity index (χ0v) is 18.3. The average molecular weight is 420 g/mol. The molecule has 2 heterocycles. The molecule has 1 aromatic heterocycles. The molecule has 162 valence electrons. The number of aromatic hydroxyl groups is 1. The normalized spacial score (nSPS) is 15.5. The van der Waals surface area contributed by atoms with Crippen molar-refractivity contribution in [3.63, 3.8) is 0 Å². The lowest BCUT2D eigenvalue weighted by atomic mass is 9.95. The van der Waals surface area contributed by atoms with Crippen LogP contribution in [0.1, 0.15) is 61.3 Å². The number of aromatic nitrogens is 2. The third-order valence-corrected chi connectivity index (χ3v) is 5.63. The molecule has 0 bridgehead atoms. The predicted molar refractivity (Wildman–Crippen MR) is 120 cm³/mol. The number of rotatable bonds is 8. The van der Waals surface area contributed by atoms with E-state index in [2.05, 4.69) is 31.0 Å². The van der Waals surface area contributed by atoms with E-state index in [0.717, 1.165) is 29.7 Å². The van der Waals surface area contributed by atoms with Crippen LogP contribution < -0.4 is 4.74 Å². The zero-order valence-electron chi connectivity index (χ0n) is 18.3. The molecule has 0 radical (unpaired) electrons. The molecule has 0 spiro atoms. The van der Waals surface area contributed by atoms with Crippen LogP contribution in [0.5, 0.6) is 11.5 Å². The van der Waals surface area contributed by atoms with Gasteiger partial charge in [0.1, 0.15) is 22.9 Å². The van der Waals surface area contributed by atoms with E-state index in [1.807, 2.05) is 41.3 Å². The number of fused-ring (bicyclic) bond motifs is 1. The highest BCUT2D eigenvalue weighted by Crippen LogP contribution is 2.44. The summed E-state index contributed by atoms with van der Waals surface area (Å²) >= 11 is 0. The second-order valence-corrected chi connectivity index (χ2v) is 8.38. The SMILES string of the molecule is CCCN1C(=O)c2[nH]nc(-c3ccccc3O)c2[C@H]1c1cccc(OCCC(C)C)c1. The summed E-state index contributed by atoms with van der Waals surface area (Å²) in [5, 5.41) is 17.8. The second kappa shape index (κ2) is 8.84. The Bertz CT molecular complexity index is 1070. The Morgan fingerprint density at radius 1 is 1.19 bits per heavy atom. The number of benzene rings is 2. The van der Waals surface area contributed by atoms with E-state index in [9.17, 15) is 9.90 Å². The molecular weight excluding hydrogens is 390 g/mol. The number of ether oxygens (including phenoxy) is 1. The molecule has 0 saturated heterocycles. The van der Waals surface area contributed by atoms with Crippen molar-refractivity contribution in [2.45, 2.75) is 39.7 Å². The summed E-state index contributed by atoms with van der Waals surface area (Å²) in [5.41, 5.74) is 3.49. The van der Waals surface area contributed by atoms with Crippen LogP contribution in [0.2, 0.25) is 0 Å². The van der Waals surface area contributed by atoms with E-state index in [4.69, 9.17) is 4.74 Å². The van der Waals surface area contributed by atoms with Crippen LogP contribution in [0.4, 0.5) is 0 Å². The van der Waals surface area contributed by atoms with E-state index in [-0.39, 0.29) is 17.7 Å². The maximum atomic E-state index is 13.2. The third-order valence-electron chi connectivity index (χ3n) is 5.63. The molecule has 6 nitrogen and oxygen atoms in total. The van der Waals surface area contributed by atoms with Crippen LogP contribution in [-0.4, -0.2) is 39.3 Å². The van der Waals surface area contributed by atoms with Crippen molar-refractivity contribution in [2.75, 3.05) is 13.2 Å². The number of carbonyl (C=O) groups is 1. The average Bonchev–Trinajstić information content (AvgIpc) is 3.28. The number of H-pyrrole nitrogens is 1. The fourth-order valence-electron chi connectivity index (χ4n) is 4.08. The van der Waals surface area contributed by atoms with Crippen molar-refractivity contribution in [1.82, 2.24) is 15.1 Å². The van der Waals surface area contributed by atoms with Crippen LogP contribution in [0.25, 0.3) is 11.3 Å². The fourth-order valence-corrected chi connectivity index (χ4v) is 4.08. The molecule has 1 aliphatic heterocycles. The van der Waals surface area contributed by atoms with E-state index >= 15 is 0 Å². The number of nitrogens with one attached hydrogen (secondary N) is 1. The molecule has 0 aliphatic carbocycles. The minimum Gasteiger partial charge on any atom is -0.507 e. The van der Waals surface area contributed by atoms with Gasteiger partial charge < -0.3 is 14.7 Å². The highest BCUT2D eigenvalue weighted by molar-refractivity contribution is 6.00. The molecule has 0 saturated carbocycles. The largest absolute Gasteiger partial charge is 0.507 e. The second-order valence-electron chi connectivity index (χ2n) is 8.38. The van der Waals surface area contributed by atoms with Gasteiger partial charge in [-0.3, -0.25) is 9.89 Å². The Morgan fingerprint density at radius 3 is 2.74 bits per heavy atom. The van der Waals surface area contributed by atoms with Crippen molar-refractivity contribution in [2.24, 2.45) is 5.92 Å². The van der Waals surface area contributed by atoms with Gasteiger partial charge in [-0.25, -0.2) is 0 Å². The fraction of sp³-hybridized carbons (Fsp3) is 0.360. The van der Waals surface area contributed by atoms with Crippen LogP contribution in [0, 0.1) is 5.92 Å². The quantitative estimate of drug-likeness (QED) is 0.528. The highest BCUT2D eigenvalue weighted by Gasteiger charge is 2.42. The molecule has 4 rings (SSSR count). The monoisotopic (exact) mass is 419 g/mol. The lowest BCUT2D eigenvalue weighted by Gasteiger charge is -2.26. The molecule has 0 unspecified atom stereocenters. The molecule has 6 heteroatoms. The lowest BCUT2D eigenvalue weighted by molar-refractivity contribution is 0.0743. The Kier molecular flexibility index (Phi) is 5.98. The Hall–Kier alpha value is -3.28. The minimum absolute atomic E-state index is 0.0675. The van der Waals surface area contributed by atoms with Crippen LogP contribution >= 0.6 is 0 Å². The lowest BCUT2D eigenvalue weighted by Crippen LogP contribution is -2.30. The summed E-state index contributed by atoms with van der Waals surface area (Å²) in [6.07, 6.45) is 1.83. The molecule has 0 fully saturated rings. The maximum absolute atomic E-state index is 13.2. The van der Waals surface area contributed by atoms with Crippen LogP contribution in [-0.2, 0) is 0 Å². The predicted octanol–water partition coefficient (Wildman–Crippen LogP) is 5.16. The minimum atomic E-state index is -0.288. The maximum Gasteiger partial charge on any atom is 0.273 e. The molecule has 2 N–H and O–H groups in total. The Morgan fingerprint density at radius 2 is 2.00 bits per heavy atom. The van der Waals surface area contributed by atoms with Crippen molar-refractivity contribution >= 4 is 5.91 Å². The standard InChI is InChI=1S/C25H29N3O3/c1-4-13-28-24(17-8-7-9-18(15-17)31-14-12-16(2)3)21-22(26-27-23(21)25(28)30)19-10-5-6-11-20(19)29/h5-11,15-16,24,29H,4,12-14H2,1-3H3,(H,26,27)/t24-/m1/s1. The van der Waals surface area contributed by atoms with Gasteiger partial charge in [-0.05, 0) is 48.6 Å². The first-order valence-corrected chi connectivity index (χ1v) is 10.9. The molecule has 1 aliphatic rings. The summed E-state index contributed by atoms with van der Waals surface area (Å²) in [7, 11) is 0. The van der Waals surface area contributed by atoms with Gasteiger partial charge in [0.25, 0.3) is 5.91 Å². The van der Waals surface area contributed by atoms with Crippen LogP contribution in [0.15, 0.2) is 48.5 Å². The van der Waals surface area contributed by atoms with Gasteiger partial charge in [-0.1, -0.05) is 45.0 Å². The van der Waals surface area contributed by atoms with E-state index in [0.29, 0.717) is 36.0 Å². The van der Waals surface area contributed by atoms with E-state index < -0.39 is 0 Å². The van der Waals surface area contributed by atoms with Gasteiger partial charge in [0.2, 0.25) is 0 Å². The molecule has 3 aromatic rings. The van der Waals surface area contributed by atoms with Gasteiger partial charge >= 0.3 is 0 Å². The zero-order chi connectivity index (χ0) is 22.0. The molecule has 2 aromatic carbocycles. The first-order valence-electron chi connectivity index (χ1n) is 10.9. The summed E-state index contributed by atoms with van der Waals surface area (Å²) in [5.74, 6) is 1.44. The summed E-state index contributed by atoms with van der Waals surface area (Å²) in [6.45, 7) is 7.69. The summed E-state index contributed by atoms with van der Waals surface area (Å²) in [6, 6.07) is 14.7. The van der Waals surface area contributed by atoms with Gasteiger partial charge in [0, 0.05) is 17.7 Å². The number of phenolic OH excluding ortho intramolecular Hbond substituents is 1. The smallest absolute Gasteiger partial charge is 0.273 e. The number of hydrogen-bond donors (Lipinski definition) is 2. The van der Waals surface area contributed by atoms with Gasteiger partial charge in [-0.15, -0.1) is 0 Å². The van der Waals surface area contributed by atoms with Crippen molar-refractivity contribution in [3.05, 3.63) is 65.4 Å². The Balaban J connectivity index is 1.76. The van der Waals surface area contributed by atoms with Crippen molar-refractivity contribution < 1.29 is 14.6 Å². The Labute approximate surface area is 182 Å². The summed E-state index contributed by atoms with van der Waals surface area (Å²) < 4.78 is 5.98. The third kappa shape index (κ3) is 4.02. The molecular formula is C25H29N3O3. The van der Waals surface area contributed by atoms with Crippen molar-refractivity contribution in [3.8, 4) is 22.8 Å². The number of carbonyl (C=O) groups excluding carboxylic acids is 1. The van der Waals surface area contributed by atoms with E-state index in [1.165, 1.54) is 0 Å². The highest BCUT2D eigenvalue weighted by atomic mass is 16.5. The van der Waals surface area contributed by atoms with Gasteiger partial charge in [-0.2, -0.15) is 5.10 Å². The van der Waals surface area contributed by atoms with Gasteiger partial charge in [0.05, 0.1) is 12.6 Å². The molecule has 1 amide bonds. The van der Waals surface area contributed by atoms with Gasteiger partial charge in [0.15, 0.2) is 0 Å². The van der Waals surface area contributed by atoms with E-state index in [1.54, 1.807) is 12.1 Å². The van der Waals surface area contributed by atoms with Crippen molar-refractivity contribution in [1.29, 1.82) is 0 Å². The number of phenols is 1. The first-order chi connectivity index (χ1) is 15.0. The molecule has 31 heavy (non-hydrogen) atoms.